The molecule has 0 fully saturated rings. The number of ether oxygens (including phenoxy) is 2. The highest BCUT2D eigenvalue weighted by molar-refractivity contribution is 7.10. The zero-order valence-electron chi connectivity index (χ0n) is 10.8. The lowest BCUT2D eigenvalue weighted by molar-refractivity contribution is 0.393. The van der Waals surface area contributed by atoms with Gasteiger partial charge in [0.2, 0.25) is 0 Å². The molecule has 1 atom stereocenters. The SMILES string of the molecule is COc1cc(OC)cc(C(N)c2csc(C)c2)c1. The van der Waals surface area contributed by atoms with Crippen LogP contribution in [0.25, 0.3) is 0 Å². The number of nitrogens with two attached hydrogens (primary N) is 1. The molecule has 2 rings (SSSR count). The number of thiophene rings is 1. The molecule has 0 saturated carbocycles. The van der Waals surface area contributed by atoms with Gasteiger partial charge in [0.1, 0.15) is 11.5 Å². The average molecular weight is 263 g/mol. The summed E-state index contributed by atoms with van der Waals surface area (Å²) in [6.07, 6.45) is 0. The first kappa shape index (κ1) is 12.9. The number of aryl methyl sites for hydroxylation is 1. The maximum Gasteiger partial charge on any atom is 0.122 e. The van der Waals surface area contributed by atoms with Crippen molar-refractivity contribution >= 4 is 11.3 Å². The van der Waals surface area contributed by atoms with Crippen LogP contribution in [0.5, 0.6) is 11.5 Å². The highest BCUT2D eigenvalue weighted by Gasteiger charge is 2.13. The minimum Gasteiger partial charge on any atom is -0.497 e. The quantitative estimate of drug-likeness (QED) is 0.921. The predicted molar refractivity (Wildman–Crippen MR) is 74.6 cm³/mol. The van der Waals surface area contributed by atoms with Gasteiger partial charge in [0.05, 0.1) is 20.3 Å². The molecule has 1 unspecified atom stereocenters. The molecule has 1 aromatic carbocycles. The summed E-state index contributed by atoms with van der Waals surface area (Å²) in [5.41, 5.74) is 8.38. The monoisotopic (exact) mass is 263 g/mol. The molecule has 3 nitrogen and oxygen atoms in total. The molecule has 0 radical (unpaired) electrons. The summed E-state index contributed by atoms with van der Waals surface area (Å²) in [5.74, 6) is 1.51. The fourth-order valence-corrected chi connectivity index (χ4v) is 2.57. The molecular formula is C14H17NO2S. The first-order chi connectivity index (χ1) is 8.63. The highest BCUT2D eigenvalue weighted by Crippen LogP contribution is 2.30. The van der Waals surface area contributed by atoms with Crippen LogP contribution in [0.3, 0.4) is 0 Å². The Bertz CT molecular complexity index is 514. The van der Waals surface area contributed by atoms with Crippen LogP contribution in [0, 0.1) is 6.92 Å². The minimum absolute atomic E-state index is 0.154. The Morgan fingerprint density at radius 3 is 2.06 bits per heavy atom. The van der Waals surface area contributed by atoms with E-state index >= 15 is 0 Å². The highest BCUT2D eigenvalue weighted by atomic mass is 32.1. The number of methoxy groups -OCH3 is 2. The zero-order chi connectivity index (χ0) is 13.1. The number of hydrogen-bond acceptors (Lipinski definition) is 4. The molecule has 0 aliphatic rings. The predicted octanol–water partition coefficient (Wildman–Crippen LogP) is 3.12. The summed E-state index contributed by atoms with van der Waals surface area (Å²) in [6.45, 7) is 2.08. The van der Waals surface area contributed by atoms with E-state index in [1.807, 2.05) is 18.2 Å². The van der Waals surface area contributed by atoms with Crippen LogP contribution >= 0.6 is 11.3 Å². The minimum atomic E-state index is -0.154. The lowest BCUT2D eigenvalue weighted by atomic mass is 10.0. The molecule has 0 bridgehead atoms. The van der Waals surface area contributed by atoms with Crippen molar-refractivity contribution in [3.05, 3.63) is 45.6 Å². The molecule has 2 aromatic rings. The van der Waals surface area contributed by atoms with E-state index in [-0.39, 0.29) is 6.04 Å². The van der Waals surface area contributed by atoms with E-state index in [0.29, 0.717) is 0 Å². The molecule has 0 amide bonds. The van der Waals surface area contributed by atoms with Gasteiger partial charge in [-0.3, -0.25) is 0 Å². The first-order valence-electron chi connectivity index (χ1n) is 5.67. The van der Waals surface area contributed by atoms with Gasteiger partial charge in [0.15, 0.2) is 0 Å². The van der Waals surface area contributed by atoms with Gasteiger partial charge in [-0.25, -0.2) is 0 Å². The third-order valence-corrected chi connectivity index (χ3v) is 3.72. The Morgan fingerprint density at radius 2 is 1.61 bits per heavy atom. The van der Waals surface area contributed by atoms with Gasteiger partial charge < -0.3 is 15.2 Å². The normalized spacial score (nSPS) is 12.2. The smallest absolute Gasteiger partial charge is 0.122 e. The van der Waals surface area contributed by atoms with E-state index in [9.17, 15) is 0 Å². The van der Waals surface area contributed by atoms with E-state index < -0.39 is 0 Å². The van der Waals surface area contributed by atoms with E-state index in [0.717, 1.165) is 22.6 Å². The van der Waals surface area contributed by atoms with Crippen LogP contribution in [0.4, 0.5) is 0 Å². The topological polar surface area (TPSA) is 44.5 Å². The third-order valence-electron chi connectivity index (χ3n) is 2.84. The van der Waals surface area contributed by atoms with Crippen LogP contribution in [0.2, 0.25) is 0 Å². The van der Waals surface area contributed by atoms with E-state index in [4.69, 9.17) is 15.2 Å². The largest absolute Gasteiger partial charge is 0.497 e. The molecule has 4 heteroatoms. The summed E-state index contributed by atoms with van der Waals surface area (Å²) in [6, 6.07) is 7.69. The van der Waals surface area contributed by atoms with Crippen molar-refractivity contribution < 1.29 is 9.47 Å². The Hall–Kier alpha value is -1.52. The molecule has 1 heterocycles. The fourth-order valence-electron chi connectivity index (χ4n) is 1.83. The third kappa shape index (κ3) is 2.66. The Balaban J connectivity index is 2.37. The summed E-state index contributed by atoms with van der Waals surface area (Å²) in [4.78, 5) is 1.26. The standard InChI is InChI=1S/C14H17NO2S/c1-9-4-11(8-18-9)14(15)10-5-12(16-2)7-13(6-10)17-3/h4-8,14H,15H2,1-3H3. The second-order valence-electron chi connectivity index (χ2n) is 4.11. The number of rotatable bonds is 4. The van der Waals surface area contributed by atoms with Crippen molar-refractivity contribution in [3.8, 4) is 11.5 Å². The lowest BCUT2D eigenvalue weighted by Crippen LogP contribution is -2.11. The van der Waals surface area contributed by atoms with Gasteiger partial charge in [0.25, 0.3) is 0 Å². The lowest BCUT2D eigenvalue weighted by Gasteiger charge is -2.13. The Morgan fingerprint density at radius 1 is 1.00 bits per heavy atom. The Kier molecular flexibility index (Phi) is 3.89. The molecule has 0 aliphatic heterocycles. The van der Waals surface area contributed by atoms with Crippen LogP contribution in [0.15, 0.2) is 29.6 Å². The molecule has 1 aromatic heterocycles. The van der Waals surface area contributed by atoms with Crippen LogP contribution in [0.1, 0.15) is 22.0 Å². The summed E-state index contributed by atoms with van der Waals surface area (Å²) in [7, 11) is 3.28. The van der Waals surface area contributed by atoms with Crippen molar-refractivity contribution in [3.63, 3.8) is 0 Å². The van der Waals surface area contributed by atoms with Crippen LogP contribution in [-0.4, -0.2) is 14.2 Å². The molecule has 0 spiro atoms. The van der Waals surface area contributed by atoms with Gasteiger partial charge in [-0.1, -0.05) is 0 Å². The van der Waals surface area contributed by atoms with Gasteiger partial charge in [0, 0.05) is 10.9 Å². The second-order valence-corrected chi connectivity index (χ2v) is 5.23. The van der Waals surface area contributed by atoms with Crippen molar-refractivity contribution in [1.29, 1.82) is 0 Å². The van der Waals surface area contributed by atoms with E-state index in [2.05, 4.69) is 18.4 Å². The number of benzene rings is 1. The van der Waals surface area contributed by atoms with Crippen molar-refractivity contribution in [2.45, 2.75) is 13.0 Å². The summed E-state index contributed by atoms with van der Waals surface area (Å²) in [5, 5.41) is 2.09. The maximum atomic E-state index is 6.27. The van der Waals surface area contributed by atoms with Crippen LogP contribution in [-0.2, 0) is 0 Å². The summed E-state index contributed by atoms with van der Waals surface area (Å²) < 4.78 is 10.5. The van der Waals surface area contributed by atoms with Gasteiger partial charge >= 0.3 is 0 Å². The molecule has 0 saturated heterocycles. The van der Waals surface area contributed by atoms with Crippen molar-refractivity contribution in [2.75, 3.05) is 14.2 Å². The Labute approximate surface area is 111 Å². The van der Waals surface area contributed by atoms with Gasteiger partial charge in [-0.2, -0.15) is 0 Å². The molecule has 0 aliphatic carbocycles. The summed E-state index contributed by atoms with van der Waals surface area (Å²) >= 11 is 1.70. The molecular weight excluding hydrogens is 246 g/mol. The zero-order valence-corrected chi connectivity index (χ0v) is 11.6. The number of hydrogen-bond donors (Lipinski definition) is 1. The molecule has 18 heavy (non-hydrogen) atoms. The second kappa shape index (κ2) is 5.42. The van der Waals surface area contributed by atoms with E-state index in [1.165, 1.54) is 4.88 Å². The fraction of sp³-hybridized carbons (Fsp3) is 0.286. The van der Waals surface area contributed by atoms with Crippen molar-refractivity contribution in [1.82, 2.24) is 0 Å². The van der Waals surface area contributed by atoms with Crippen molar-refractivity contribution in [2.24, 2.45) is 5.73 Å². The first-order valence-corrected chi connectivity index (χ1v) is 6.55. The maximum absolute atomic E-state index is 6.27. The van der Waals surface area contributed by atoms with Gasteiger partial charge in [-0.05, 0) is 41.6 Å². The average Bonchev–Trinajstić information content (AvgIpc) is 2.83. The van der Waals surface area contributed by atoms with E-state index in [1.54, 1.807) is 25.6 Å². The molecule has 96 valence electrons. The molecule has 2 N–H and O–H groups in total. The van der Waals surface area contributed by atoms with Crippen LogP contribution < -0.4 is 15.2 Å². The van der Waals surface area contributed by atoms with Gasteiger partial charge in [-0.15, -0.1) is 11.3 Å².